The predicted molar refractivity (Wildman–Crippen MR) is 114 cm³/mol. The fraction of sp³-hybridized carbons (Fsp3) is 0.455. The van der Waals surface area contributed by atoms with E-state index in [2.05, 4.69) is 9.62 Å². The fourth-order valence-electron chi connectivity index (χ4n) is 3.57. The van der Waals surface area contributed by atoms with Crippen molar-refractivity contribution in [2.24, 2.45) is 5.92 Å². The standard InChI is InChI=1S/C22H30N2O4S/c1-18-9-11-20(12-10-18)29(25,26)23-16-19-6-5-13-24(17-19)14-15-28-22-8-4-3-7-21(22)27-2/h3-4,7-12,19,23H,5-6,13-17H2,1-2H3. The molecule has 1 fully saturated rings. The van der Waals surface area contributed by atoms with Crippen LogP contribution in [0.3, 0.4) is 0 Å². The van der Waals surface area contributed by atoms with Crippen molar-refractivity contribution in [2.45, 2.75) is 24.7 Å². The van der Waals surface area contributed by atoms with Gasteiger partial charge in [0.25, 0.3) is 0 Å². The fourth-order valence-corrected chi connectivity index (χ4v) is 4.69. The lowest BCUT2D eigenvalue weighted by Gasteiger charge is -2.32. The van der Waals surface area contributed by atoms with Crippen molar-refractivity contribution >= 4 is 10.0 Å². The Kier molecular flexibility index (Phi) is 7.52. The van der Waals surface area contributed by atoms with Crippen LogP contribution in [0.15, 0.2) is 53.4 Å². The number of rotatable bonds is 9. The van der Waals surface area contributed by atoms with Gasteiger partial charge in [0.2, 0.25) is 10.0 Å². The van der Waals surface area contributed by atoms with Gasteiger partial charge in [-0.25, -0.2) is 13.1 Å². The Bertz CT molecular complexity index is 884. The lowest BCUT2D eigenvalue weighted by Crippen LogP contribution is -2.42. The van der Waals surface area contributed by atoms with Gasteiger partial charge in [-0.3, -0.25) is 4.90 Å². The molecule has 1 heterocycles. The topological polar surface area (TPSA) is 67.9 Å². The first-order chi connectivity index (χ1) is 14.0. The number of likely N-dealkylation sites (tertiary alicyclic amines) is 1. The molecule has 0 spiro atoms. The van der Waals surface area contributed by atoms with Gasteiger partial charge in [0, 0.05) is 19.6 Å². The van der Waals surface area contributed by atoms with Crippen LogP contribution in [0.1, 0.15) is 18.4 Å². The van der Waals surface area contributed by atoms with Crippen LogP contribution >= 0.6 is 0 Å². The molecule has 7 heteroatoms. The molecule has 0 aliphatic carbocycles. The quantitative estimate of drug-likeness (QED) is 0.678. The third-order valence-corrected chi connectivity index (χ3v) is 6.67. The van der Waals surface area contributed by atoms with Crippen molar-refractivity contribution in [3.8, 4) is 11.5 Å². The first-order valence-corrected chi connectivity index (χ1v) is 11.5. The summed E-state index contributed by atoms with van der Waals surface area (Å²) in [7, 11) is -1.83. The molecular formula is C22H30N2O4S. The van der Waals surface area contributed by atoms with Gasteiger partial charge < -0.3 is 9.47 Å². The number of aryl methyl sites for hydroxylation is 1. The molecule has 0 saturated carbocycles. The Morgan fingerprint density at radius 2 is 1.83 bits per heavy atom. The number of methoxy groups -OCH3 is 1. The largest absolute Gasteiger partial charge is 0.493 e. The van der Waals surface area contributed by atoms with Crippen LogP contribution in [0.5, 0.6) is 11.5 Å². The van der Waals surface area contributed by atoms with Crippen LogP contribution in [0.4, 0.5) is 0 Å². The molecule has 0 radical (unpaired) electrons. The third-order valence-electron chi connectivity index (χ3n) is 5.23. The average molecular weight is 419 g/mol. The summed E-state index contributed by atoms with van der Waals surface area (Å²) in [6.07, 6.45) is 2.09. The molecule has 29 heavy (non-hydrogen) atoms. The van der Waals surface area contributed by atoms with Gasteiger partial charge in [-0.1, -0.05) is 29.8 Å². The zero-order valence-electron chi connectivity index (χ0n) is 17.1. The first kappa shape index (κ1) is 21.6. The number of nitrogens with one attached hydrogen (secondary N) is 1. The maximum atomic E-state index is 12.5. The van der Waals surface area contributed by atoms with Crippen molar-refractivity contribution in [3.63, 3.8) is 0 Å². The molecule has 0 aromatic heterocycles. The lowest BCUT2D eigenvalue weighted by molar-refractivity contribution is 0.146. The number of piperidine rings is 1. The van der Waals surface area contributed by atoms with Crippen LogP contribution in [0.2, 0.25) is 0 Å². The van der Waals surface area contributed by atoms with E-state index in [0.717, 1.165) is 49.5 Å². The highest BCUT2D eigenvalue weighted by Crippen LogP contribution is 2.25. The van der Waals surface area contributed by atoms with Gasteiger partial charge in [0.1, 0.15) is 6.61 Å². The summed E-state index contributed by atoms with van der Waals surface area (Å²) in [6.45, 7) is 5.65. The van der Waals surface area contributed by atoms with Crippen LogP contribution in [-0.4, -0.2) is 53.2 Å². The first-order valence-electron chi connectivity index (χ1n) is 10.0. The molecule has 2 aromatic carbocycles. The van der Waals surface area contributed by atoms with Gasteiger partial charge in [-0.05, 0) is 56.5 Å². The number of hydrogen-bond acceptors (Lipinski definition) is 5. The van der Waals surface area contributed by atoms with E-state index in [1.54, 1.807) is 19.2 Å². The summed E-state index contributed by atoms with van der Waals surface area (Å²) in [5, 5.41) is 0. The van der Waals surface area contributed by atoms with Crippen molar-refractivity contribution in [2.75, 3.05) is 39.9 Å². The average Bonchev–Trinajstić information content (AvgIpc) is 2.73. The minimum absolute atomic E-state index is 0.301. The van der Waals surface area contributed by atoms with E-state index in [-0.39, 0.29) is 0 Å². The van der Waals surface area contributed by atoms with E-state index in [4.69, 9.17) is 9.47 Å². The number of nitrogens with zero attached hydrogens (tertiary/aromatic N) is 1. The molecule has 1 aliphatic rings. The smallest absolute Gasteiger partial charge is 0.240 e. The second kappa shape index (κ2) is 10.1. The molecule has 1 unspecified atom stereocenters. The molecule has 3 rings (SSSR count). The summed E-state index contributed by atoms with van der Waals surface area (Å²) < 4.78 is 39.0. The van der Waals surface area contributed by atoms with Crippen LogP contribution in [0.25, 0.3) is 0 Å². The van der Waals surface area contributed by atoms with E-state index in [1.807, 2.05) is 43.3 Å². The summed E-state index contributed by atoms with van der Waals surface area (Å²) in [5.74, 6) is 1.78. The van der Waals surface area contributed by atoms with Crippen molar-refractivity contribution in [1.29, 1.82) is 0 Å². The summed E-state index contributed by atoms with van der Waals surface area (Å²) in [6, 6.07) is 14.6. The van der Waals surface area contributed by atoms with Gasteiger partial charge in [0.05, 0.1) is 12.0 Å². The highest BCUT2D eigenvalue weighted by atomic mass is 32.2. The van der Waals surface area contributed by atoms with Crippen molar-refractivity contribution in [3.05, 3.63) is 54.1 Å². The van der Waals surface area contributed by atoms with Crippen LogP contribution in [-0.2, 0) is 10.0 Å². The minimum Gasteiger partial charge on any atom is -0.493 e. The molecule has 1 aliphatic heterocycles. The zero-order valence-corrected chi connectivity index (χ0v) is 18.0. The molecule has 1 saturated heterocycles. The zero-order chi connectivity index (χ0) is 20.7. The Balaban J connectivity index is 1.46. The van der Waals surface area contributed by atoms with Gasteiger partial charge >= 0.3 is 0 Å². The van der Waals surface area contributed by atoms with Crippen molar-refractivity contribution in [1.82, 2.24) is 9.62 Å². The second-order valence-electron chi connectivity index (χ2n) is 7.47. The normalized spacial score (nSPS) is 17.8. The monoisotopic (exact) mass is 418 g/mol. The Morgan fingerprint density at radius 1 is 1.10 bits per heavy atom. The van der Waals surface area contributed by atoms with Gasteiger partial charge in [0.15, 0.2) is 11.5 Å². The molecule has 6 nitrogen and oxygen atoms in total. The Morgan fingerprint density at radius 3 is 2.55 bits per heavy atom. The van der Waals surface area contributed by atoms with E-state index < -0.39 is 10.0 Å². The molecular weight excluding hydrogens is 388 g/mol. The Hall–Kier alpha value is -2.09. The predicted octanol–water partition coefficient (Wildman–Crippen LogP) is 3.07. The molecule has 158 valence electrons. The van der Waals surface area contributed by atoms with E-state index >= 15 is 0 Å². The lowest BCUT2D eigenvalue weighted by atomic mass is 9.98. The van der Waals surface area contributed by atoms with Gasteiger partial charge in [-0.15, -0.1) is 0 Å². The molecule has 0 amide bonds. The number of hydrogen-bond donors (Lipinski definition) is 1. The number of sulfonamides is 1. The Labute approximate surface area is 173 Å². The van der Waals surface area contributed by atoms with E-state index in [1.165, 1.54) is 0 Å². The summed E-state index contributed by atoms with van der Waals surface area (Å²) in [5.41, 5.74) is 1.04. The van der Waals surface area contributed by atoms with Crippen LogP contribution in [0, 0.1) is 12.8 Å². The van der Waals surface area contributed by atoms with E-state index in [9.17, 15) is 8.42 Å². The SMILES string of the molecule is COc1ccccc1OCCN1CCCC(CNS(=O)(=O)c2ccc(C)cc2)C1. The number of para-hydroxylation sites is 2. The summed E-state index contributed by atoms with van der Waals surface area (Å²) >= 11 is 0. The number of ether oxygens (including phenoxy) is 2. The number of benzene rings is 2. The highest BCUT2D eigenvalue weighted by molar-refractivity contribution is 7.89. The summed E-state index contributed by atoms with van der Waals surface area (Å²) in [4.78, 5) is 2.66. The molecule has 1 atom stereocenters. The van der Waals surface area contributed by atoms with Crippen LogP contribution < -0.4 is 14.2 Å². The molecule has 1 N–H and O–H groups in total. The maximum absolute atomic E-state index is 12.5. The molecule has 2 aromatic rings. The van der Waals surface area contributed by atoms with Crippen molar-refractivity contribution < 1.29 is 17.9 Å². The van der Waals surface area contributed by atoms with Gasteiger partial charge in [-0.2, -0.15) is 0 Å². The highest BCUT2D eigenvalue weighted by Gasteiger charge is 2.22. The maximum Gasteiger partial charge on any atom is 0.240 e. The second-order valence-corrected chi connectivity index (χ2v) is 9.24. The van der Waals surface area contributed by atoms with E-state index in [0.29, 0.717) is 24.0 Å². The minimum atomic E-state index is -3.46. The molecule has 0 bridgehead atoms. The third kappa shape index (κ3) is 6.19.